The third-order valence-corrected chi connectivity index (χ3v) is 8.27. The van der Waals surface area contributed by atoms with Crippen molar-refractivity contribution in [2.24, 2.45) is 0 Å². The van der Waals surface area contributed by atoms with E-state index < -0.39 is 10.0 Å². The maximum absolute atomic E-state index is 12.6. The van der Waals surface area contributed by atoms with Gasteiger partial charge < -0.3 is 15.0 Å². The lowest BCUT2D eigenvalue weighted by Crippen LogP contribution is -2.32. The van der Waals surface area contributed by atoms with Crippen LogP contribution in [-0.2, 0) is 14.8 Å². The van der Waals surface area contributed by atoms with Crippen LogP contribution < -0.4 is 19.3 Å². The first-order valence-corrected chi connectivity index (χ1v) is 13.1. The number of anilines is 2. The van der Waals surface area contributed by atoms with E-state index in [0.717, 1.165) is 19.5 Å². The van der Waals surface area contributed by atoms with E-state index in [1.165, 1.54) is 28.4 Å². The third kappa shape index (κ3) is 6.72. The van der Waals surface area contributed by atoms with Crippen molar-refractivity contribution in [2.75, 3.05) is 42.5 Å². The summed E-state index contributed by atoms with van der Waals surface area (Å²) in [6.07, 6.45) is 0.828. The molecule has 176 valence electrons. The van der Waals surface area contributed by atoms with E-state index in [1.54, 1.807) is 41.8 Å². The molecule has 1 aromatic heterocycles. The number of thiophene rings is 1. The normalized spacial score (nSPS) is 11.1. The van der Waals surface area contributed by atoms with Gasteiger partial charge in [0.05, 0.1) is 5.69 Å². The van der Waals surface area contributed by atoms with Gasteiger partial charge in [-0.05, 0) is 61.2 Å². The van der Waals surface area contributed by atoms with Gasteiger partial charge in [0.15, 0.2) is 6.61 Å². The lowest BCUT2D eigenvalue weighted by molar-refractivity contribution is -0.123. The third-order valence-electron chi connectivity index (χ3n) is 5.11. The average molecular weight is 488 g/mol. The van der Waals surface area contributed by atoms with Gasteiger partial charge in [-0.2, -0.15) is 0 Å². The van der Waals surface area contributed by atoms with Gasteiger partial charge in [-0.25, -0.2) is 8.42 Å². The Kier molecular flexibility index (Phi) is 8.73. The first-order chi connectivity index (χ1) is 15.9. The topological polar surface area (TPSA) is 79.0 Å². The van der Waals surface area contributed by atoms with Crippen LogP contribution in [0.3, 0.4) is 0 Å². The summed E-state index contributed by atoms with van der Waals surface area (Å²) in [6.45, 7) is 4.33. The summed E-state index contributed by atoms with van der Waals surface area (Å²) in [5, 5.41) is 4.60. The largest absolute Gasteiger partial charge is 0.484 e. The summed E-state index contributed by atoms with van der Waals surface area (Å²) >= 11 is 1.18. The van der Waals surface area contributed by atoms with E-state index in [-0.39, 0.29) is 16.7 Å². The predicted molar refractivity (Wildman–Crippen MR) is 134 cm³/mol. The Bertz CT molecular complexity index is 1100. The molecule has 0 unspecified atom stereocenters. The monoisotopic (exact) mass is 487 g/mol. The SMILES string of the molecule is CCN(CCCNC(=O)COc1ccc(N(C)S(=O)(=O)c2cccs2)cc1)c1ccccc1. The summed E-state index contributed by atoms with van der Waals surface area (Å²) in [6, 6.07) is 20.1. The van der Waals surface area contributed by atoms with Gasteiger partial charge in [-0.15, -0.1) is 11.3 Å². The molecule has 3 rings (SSSR count). The molecular weight excluding hydrogens is 458 g/mol. The van der Waals surface area contributed by atoms with Gasteiger partial charge in [0.1, 0.15) is 9.96 Å². The molecule has 0 spiro atoms. The fourth-order valence-electron chi connectivity index (χ4n) is 3.24. The summed E-state index contributed by atoms with van der Waals surface area (Å²) in [5.74, 6) is 0.302. The first kappa shape index (κ1) is 24.6. The maximum atomic E-state index is 12.6. The minimum atomic E-state index is -3.58. The molecule has 0 radical (unpaired) electrons. The van der Waals surface area contributed by atoms with E-state index in [4.69, 9.17) is 4.74 Å². The van der Waals surface area contributed by atoms with Gasteiger partial charge in [-0.1, -0.05) is 24.3 Å². The molecule has 0 aliphatic carbocycles. The van der Waals surface area contributed by atoms with Crippen LogP contribution in [0.5, 0.6) is 5.75 Å². The Morgan fingerprint density at radius 3 is 2.36 bits per heavy atom. The van der Waals surface area contributed by atoms with Crippen LogP contribution >= 0.6 is 11.3 Å². The van der Waals surface area contributed by atoms with Crippen LogP contribution in [0.4, 0.5) is 11.4 Å². The minimum Gasteiger partial charge on any atom is -0.484 e. The fourth-order valence-corrected chi connectivity index (χ4v) is 5.60. The van der Waals surface area contributed by atoms with Gasteiger partial charge in [-0.3, -0.25) is 9.10 Å². The number of amides is 1. The van der Waals surface area contributed by atoms with Gasteiger partial charge in [0.25, 0.3) is 15.9 Å². The number of carbonyl (C=O) groups is 1. The second-order valence-electron chi connectivity index (χ2n) is 7.31. The van der Waals surface area contributed by atoms with Crippen molar-refractivity contribution >= 4 is 38.6 Å². The predicted octanol–water partition coefficient (Wildman–Crippen LogP) is 3.98. The summed E-state index contributed by atoms with van der Waals surface area (Å²) < 4.78 is 32.3. The number of sulfonamides is 1. The number of benzene rings is 2. The Balaban J connectivity index is 1.41. The Morgan fingerprint density at radius 2 is 1.73 bits per heavy atom. The number of nitrogens with zero attached hydrogens (tertiary/aromatic N) is 2. The number of rotatable bonds is 12. The van der Waals surface area contributed by atoms with Crippen molar-refractivity contribution in [1.29, 1.82) is 0 Å². The van der Waals surface area contributed by atoms with E-state index >= 15 is 0 Å². The van der Waals surface area contributed by atoms with Crippen molar-refractivity contribution < 1.29 is 17.9 Å². The summed E-state index contributed by atoms with van der Waals surface area (Å²) in [5.41, 5.74) is 1.69. The van der Waals surface area contributed by atoms with Gasteiger partial charge in [0.2, 0.25) is 0 Å². The maximum Gasteiger partial charge on any atom is 0.273 e. The van der Waals surface area contributed by atoms with Crippen LogP contribution in [0.1, 0.15) is 13.3 Å². The molecule has 1 N–H and O–H groups in total. The first-order valence-electron chi connectivity index (χ1n) is 10.7. The number of nitrogens with one attached hydrogen (secondary N) is 1. The number of ether oxygens (including phenoxy) is 1. The molecular formula is C24H29N3O4S2. The van der Waals surface area contributed by atoms with Crippen LogP contribution in [0, 0.1) is 0 Å². The van der Waals surface area contributed by atoms with E-state index in [2.05, 4.69) is 29.3 Å². The molecule has 0 aliphatic rings. The zero-order chi connectivity index (χ0) is 23.7. The highest BCUT2D eigenvalue weighted by Crippen LogP contribution is 2.26. The van der Waals surface area contributed by atoms with E-state index in [1.807, 2.05) is 18.2 Å². The molecule has 0 bridgehead atoms. The molecule has 2 aromatic carbocycles. The van der Waals surface area contributed by atoms with Crippen molar-refractivity contribution in [3.8, 4) is 5.75 Å². The van der Waals surface area contributed by atoms with Crippen molar-refractivity contribution in [3.63, 3.8) is 0 Å². The number of hydrogen-bond donors (Lipinski definition) is 1. The number of carbonyl (C=O) groups excluding carboxylic acids is 1. The average Bonchev–Trinajstić information content (AvgIpc) is 3.39. The number of hydrogen-bond acceptors (Lipinski definition) is 6. The fraction of sp³-hybridized carbons (Fsp3) is 0.292. The zero-order valence-electron chi connectivity index (χ0n) is 18.8. The summed E-state index contributed by atoms with van der Waals surface area (Å²) in [7, 11) is -2.07. The Labute approximate surface area is 199 Å². The van der Waals surface area contributed by atoms with Gasteiger partial charge >= 0.3 is 0 Å². The Morgan fingerprint density at radius 1 is 1.00 bits per heavy atom. The minimum absolute atomic E-state index is 0.0984. The molecule has 3 aromatic rings. The van der Waals surface area contributed by atoms with Crippen molar-refractivity contribution in [1.82, 2.24) is 5.32 Å². The van der Waals surface area contributed by atoms with Crippen LogP contribution in [-0.4, -0.2) is 47.6 Å². The van der Waals surface area contributed by atoms with E-state index in [9.17, 15) is 13.2 Å². The van der Waals surface area contributed by atoms with Crippen LogP contribution in [0.25, 0.3) is 0 Å². The lowest BCUT2D eigenvalue weighted by atomic mass is 10.2. The lowest BCUT2D eigenvalue weighted by Gasteiger charge is -2.23. The molecule has 0 aliphatic heterocycles. The van der Waals surface area contributed by atoms with Crippen molar-refractivity contribution in [2.45, 2.75) is 17.6 Å². The van der Waals surface area contributed by atoms with Crippen LogP contribution in [0.15, 0.2) is 76.3 Å². The summed E-state index contributed by atoms with van der Waals surface area (Å²) in [4.78, 5) is 14.4. The molecule has 33 heavy (non-hydrogen) atoms. The molecule has 0 atom stereocenters. The highest BCUT2D eigenvalue weighted by atomic mass is 32.2. The number of para-hydroxylation sites is 1. The van der Waals surface area contributed by atoms with Crippen LogP contribution in [0.2, 0.25) is 0 Å². The van der Waals surface area contributed by atoms with E-state index in [0.29, 0.717) is 18.0 Å². The van der Waals surface area contributed by atoms with Crippen molar-refractivity contribution in [3.05, 3.63) is 72.1 Å². The second-order valence-corrected chi connectivity index (χ2v) is 10.4. The highest BCUT2D eigenvalue weighted by Gasteiger charge is 2.22. The smallest absolute Gasteiger partial charge is 0.273 e. The second kappa shape index (κ2) is 11.7. The molecule has 7 nitrogen and oxygen atoms in total. The molecule has 1 amide bonds. The quantitative estimate of drug-likeness (QED) is 0.391. The highest BCUT2D eigenvalue weighted by molar-refractivity contribution is 7.94. The zero-order valence-corrected chi connectivity index (χ0v) is 20.4. The standard InChI is InChI=1S/C24H29N3O4S2/c1-3-27(21-9-5-4-6-10-21)17-8-16-25-23(28)19-31-22-14-12-20(13-15-22)26(2)33(29,30)24-11-7-18-32-24/h4-7,9-15,18H,3,8,16-17,19H2,1-2H3,(H,25,28). The molecule has 0 saturated heterocycles. The molecule has 1 heterocycles. The Hall–Kier alpha value is -3.04. The molecule has 0 fully saturated rings. The van der Waals surface area contributed by atoms with Gasteiger partial charge in [0, 0.05) is 32.4 Å². The molecule has 0 saturated carbocycles. The molecule has 9 heteroatoms.